The molecule has 0 amide bonds. The van der Waals surface area contributed by atoms with E-state index in [1.807, 2.05) is 53.1 Å². The lowest BCUT2D eigenvalue weighted by atomic mass is 10.2. The van der Waals surface area contributed by atoms with Crippen LogP contribution in [0, 0.1) is 0 Å². The van der Waals surface area contributed by atoms with Gasteiger partial charge in [-0.3, -0.25) is 4.98 Å². The van der Waals surface area contributed by atoms with Crippen molar-refractivity contribution in [3.63, 3.8) is 0 Å². The lowest BCUT2D eigenvalue weighted by molar-refractivity contribution is 1.01. The van der Waals surface area contributed by atoms with Crippen molar-refractivity contribution in [2.75, 3.05) is 12.4 Å². The predicted octanol–water partition coefficient (Wildman–Crippen LogP) is 3.81. The molecule has 0 aliphatic carbocycles. The number of allylic oxidation sites excluding steroid dienone is 2. The van der Waals surface area contributed by atoms with Crippen molar-refractivity contribution in [1.82, 2.24) is 25.5 Å². The molecule has 2 heterocycles. The zero-order chi connectivity index (χ0) is 17.5. The normalized spacial score (nSPS) is 9.52. The summed E-state index contributed by atoms with van der Waals surface area (Å²) in [7, 11) is 1.82. The summed E-state index contributed by atoms with van der Waals surface area (Å²) < 4.78 is 0. The molecular formula is C17H26N6. The maximum absolute atomic E-state index is 4.12. The fourth-order valence-electron chi connectivity index (χ4n) is 1.44. The minimum atomic E-state index is 0.608. The zero-order valence-corrected chi connectivity index (χ0v) is 14.5. The van der Waals surface area contributed by atoms with Gasteiger partial charge in [-0.15, -0.1) is 10.2 Å². The van der Waals surface area contributed by atoms with Crippen LogP contribution in [0.2, 0.25) is 0 Å². The fraction of sp³-hybridized carbons (Fsp3) is 0.294. The first-order valence-corrected chi connectivity index (χ1v) is 7.70. The first-order chi connectivity index (χ1) is 11.3. The summed E-state index contributed by atoms with van der Waals surface area (Å²) in [5, 5.41) is 14.2. The molecule has 0 aliphatic heterocycles. The van der Waals surface area contributed by atoms with Crippen LogP contribution in [0.4, 0.5) is 11.6 Å². The Morgan fingerprint density at radius 1 is 1.04 bits per heavy atom. The second-order valence-electron chi connectivity index (χ2n) is 3.61. The third-order valence-electron chi connectivity index (χ3n) is 2.30. The van der Waals surface area contributed by atoms with Crippen LogP contribution in [0.25, 0.3) is 5.57 Å². The summed E-state index contributed by atoms with van der Waals surface area (Å²) in [6.45, 7) is 11.7. The smallest absolute Gasteiger partial charge is 0.154 e. The highest BCUT2D eigenvalue weighted by atomic mass is 15.2. The SMILES string of the molecule is C=C/C(=C\NC)c1ccc(Nc2cnccn2)nn1.CC.CC. The Bertz CT molecular complexity index is 563. The van der Waals surface area contributed by atoms with Crippen LogP contribution in [0.3, 0.4) is 0 Å². The highest BCUT2D eigenvalue weighted by Gasteiger charge is 2.02. The highest BCUT2D eigenvalue weighted by Crippen LogP contribution is 2.14. The molecule has 0 saturated carbocycles. The molecule has 6 heteroatoms. The van der Waals surface area contributed by atoms with Gasteiger partial charge in [0.05, 0.1) is 11.9 Å². The number of anilines is 2. The molecule has 0 saturated heterocycles. The summed E-state index contributed by atoms with van der Waals surface area (Å²) >= 11 is 0. The van der Waals surface area contributed by atoms with Gasteiger partial charge in [0, 0.05) is 31.2 Å². The van der Waals surface area contributed by atoms with Gasteiger partial charge in [0.1, 0.15) is 5.82 Å². The van der Waals surface area contributed by atoms with Gasteiger partial charge in [-0.25, -0.2) is 4.98 Å². The Hall–Kier alpha value is -2.76. The van der Waals surface area contributed by atoms with E-state index in [-0.39, 0.29) is 0 Å². The van der Waals surface area contributed by atoms with Crippen LogP contribution in [0.1, 0.15) is 33.4 Å². The molecule has 124 valence electrons. The van der Waals surface area contributed by atoms with Crippen molar-refractivity contribution >= 4 is 17.2 Å². The van der Waals surface area contributed by atoms with E-state index >= 15 is 0 Å². The summed E-state index contributed by atoms with van der Waals surface area (Å²) in [5.74, 6) is 1.23. The number of aromatic nitrogens is 4. The van der Waals surface area contributed by atoms with Crippen molar-refractivity contribution in [3.05, 3.63) is 55.3 Å². The van der Waals surface area contributed by atoms with Crippen LogP contribution in [-0.2, 0) is 0 Å². The molecule has 23 heavy (non-hydrogen) atoms. The van der Waals surface area contributed by atoms with Crippen molar-refractivity contribution < 1.29 is 0 Å². The zero-order valence-electron chi connectivity index (χ0n) is 14.5. The second-order valence-corrected chi connectivity index (χ2v) is 3.61. The number of nitrogens with one attached hydrogen (secondary N) is 2. The van der Waals surface area contributed by atoms with Gasteiger partial charge < -0.3 is 10.6 Å². The van der Waals surface area contributed by atoms with Gasteiger partial charge >= 0.3 is 0 Å². The van der Waals surface area contributed by atoms with Crippen molar-refractivity contribution in [1.29, 1.82) is 0 Å². The number of hydrogen-bond donors (Lipinski definition) is 2. The third-order valence-corrected chi connectivity index (χ3v) is 2.30. The minimum absolute atomic E-state index is 0.608. The molecule has 0 fully saturated rings. The molecule has 0 atom stereocenters. The van der Waals surface area contributed by atoms with E-state index < -0.39 is 0 Å². The molecule has 0 unspecified atom stereocenters. The maximum atomic E-state index is 4.12. The van der Waals surface area contributed by atoms with Gasteiger partial charge in [0.15, 0.2) is 5.82 Å². The largest absolute Gasteiger partial charge is 0.393 e. The highest BCUT2D eigenvalue weighted by molar-refractivity contribution is 5.70. The molecule has 2 rings (SSSR count). The summed E-state index contributed by atoms with van der Waals surface area (Å²) in [5.41, 5.74) is 1.62. The number of nitrogens with zero attached hydrogens (tertiary/aromatic N) is 4. The Morgan fingerprint density at radius 2 is 1.78 bits per heavy atom. The van der Waals surface area contributed by atoms with Gasteiger partial charge in [0.2, 0.25) is 0 Å². The molecule has 2 N–H and O–H groups in total. The monoisotopic (exact) mass is 314 g/mol. The standard InChI is InChI=1S/C13H14N6.2C2H6/c1-3-10(8-14-2)11-4-5-12(19-18-11)17-13-9-15-6-7-16-13;2*1-2/h3-9,14H,1H2,2H3,(H,16,17,19);2*1-2H3/b10-8+;;. The summed E-state index contributed by atoms with van der Waals surface area (Å²) in [6, 6.07) is 3.68. The van der Waals surface area contributed by atoms with Crippen molar-refractivity contribution in [2.45, 2.75) is 27.7 Å². The van der Waals surface area contributed by atoms with Crippen LogP contribution in [0.5, 0.6) is 0 Å². The van der Waals surface area contributed by atoms with E-state index in [1.54, 1.807) is 24.7 Å². The van der Waals surface area contributed by atoms with Crippen molar-refractivity contribution in [2.24, 2.45) is 0 Å². The molecule has 6 nitrogen and oxygen atoms in total. The summed E-state index contributed by atoms with van der Waals surface area (Å²) in [4.78, 5) is 8.06. The quantitative estimate of drug-likeness (QED) is 0.817. The fourth-order valence-corrected chi connectivity index (χ4v) is 1.44. The molecular weight excluding hydrogens is 288 g/mol. The number of rotatable bonds is 5. The van der Waals surface area contributed by atoms with Gasteiger partial charge in [-0.05, 0) is 12.1 Å². The lowest BCUT2D eigenvalue weighted by Gasteiger charge is -2.04. The van der Waals surface area contributed by atoms with E-state index in [4.69, 9.17) is 0 Å². The number of hydrogen-bond acceptors (Lipinski definition) is 6. The topological polar surface area (TPSA) is 75.6 Å². The molecule has 0 bridgehead atoms. The first kappa shape index (κ1) is 20.2. The lowest BCUT2D eigenvalue weighted by Crippen LogP contribution is -2.01. The van der Waals surface area contributed by atoms with Crippen LogP contribution in [-0.4, -0.2) is 27.2 Å². The first-order valence-electron chi connectivity index (χ1n) is 7.70. The van der Waals surface area contributed by atoms with Crippen LogP contribution >= 0.6 is 0 Å². The van der Waals surface area contributed by atoms with E-state index in [0.29, 0.717) is 11.6 Å². The molecule has 2 aromatic heterocycles. The Morgan fingerprint density at radius 3 is 2.26 bits per heavy atom. The molecule has 0 radical (unpaired) electrons. The van der Waals surface area contributed by atoms with E-state index in [0.717, 1.165) is 11.3 Å². The van der Waals surface area contributed by atoms with Crippen LogP contribution < -0.4 is 10.6 Å². The maximum Gasteiger partial charge on any atom is 0.154 e. The molecule has 2 aromatic rings. The Labute approximate surface area is 138 Å². The van der Waals surface area contributed by atoms with E-state index in [2.05, 4.69) is 37.4 Å². The van der Waals surface area contributed by atoms with Crippen LogP contribution in [0.15, 0.2) is 49.6 Å². The molecule has 0 aromatic carbocycles. The Balaban J connectivity index is 0.00000112. The van der Waals surface area contributed by atoms with Gasteiger partial charge in [0.25, 0.3) is 0 Å². The second kappa shape index (κ2) is 12.9. The van der Waals surface area contributed by atoms with Gasteiger partial charge in [-0.1, -0.05) is 40.3 Å². The molecule has 0 spiro atoms. The van der Waals surface area contributed by atoms with Crippen molar-refractivity contribution in [3.8, 4) is 0 Å². The Kier molecular flexibility index (Phi) is 11.4. The molecule has 0 aliphatic rings. The third kappa shape index (κ3) is 7.17. The van der Waals surface area contributed by atoms with E-state index in [9.17, 15) is 0 Å². The van der Waals surface area contributed by atoms with Gasteiger partial charge in [-0.2, -0.15) is 0 Å². The summed E-state index contributed by atoms with van der Waals surface area (Å²) in [6.07, 6.45) is 8.36. The average Bonchev–Trinajstić information content (AvgIpc) is 2.65. The minimum Gasteiger partial charge on any atom is -0.393 e. The average molecular weight is 314 g/mol. The van der Waals surface area contributed by atoms with E-state index in [1.165, 1.54) is 0 Å². The predicted molar refractivity (Wildman–Crippen MR) is 97.3 cm³/mol.